The van der Waals surface area contributed by atoms with Crippen LogP contribution in [0.5, 0.6) is 0 Å². The molecule has 0 atom stereocenters. The second kappa shape index (κ2) is 9.25. The highest BCUT2D eigenvalue weighted by molar-refractivity contribution is 6.28. The Morgan fingerprint density at radius 2 is 1.13 bits per heavy atom. The number of hydrogen-bond donors (Lipinski definition) is 0. The van der Waals surface area contributed by atoms with Gasteiger partial charge in [0, 0.05) is 27.5 Å². The minimum absolute atomic E-state index is 0.147. The van der Waals surface area contributed by atoms with Crippen molar-refractivity contribution in [1.82, 2.24) is 15.0 Å². The molecule has 5 heteroatoms. The van der Waals surface area contributed by atoms with Crippen LogP contribution < -0.4 is 0 Å². The Hall–Kier alpha value is -4.80. The van der Waals surface area contributed by atoms with E-state index in [4.69, 9.17) is 21.0 Å². The van der Waals surface area contributed by atoms with Crippen LogP contribution in [-0.4, -0.2) is 15.0 Å². The molecule has 0 aliphatic heterocycles. The third kappa shape index (κ3) is 3.92. The van der Waals surface area contributed by atoms with Crippen molar-refractivity contribution >= 4 is 33.5 Å². The van der Waals surface area contributed by atoms with E-state index in [1.807, 2.05) is 72.8 Å². The van der Waals surface area contributed by atoms with Crippen LogP contribution in [0.4, 0.5) is 0 Å². The lowest BCUT2D eigenvalue weighted by molar-refractivity contribution is 0.670. The van der Waals surface area contributed by atoms with Crippen molar-refractivity contribution in [1.29, 1.82) is 0 Å². The maximum absolute atomic E-state index is 6.53. The molecule has 0 saturated carbocycles. The molecule has 2 aromatic heterocycles. The molecule has 4 nitrogen and oxygen atoms in total. The number of hydrogen-bond acceptors (Lipinski definition) is 4. The first-order valence-corrected chi connectivity index (χ1v) is 12.7. The molecule has 0 aliphatic carbocycles. The van der Waals surface area contributed by atoms with Crippen molar-refractivity contribution < 1.29 is 4.42 Å². The predicted octanol–water partition coefficient (Wildman–Crippen LogP) is 9.09. The maximum atomic E-state index is 6.53. The quantitative estimate of drug-likeness (QED) is 0.237. The number of furan rings is 1. The zero-order chi connectivity index (χ0) is 25.5. The van der Waals surface area contributed by atoms with Crippen LogP contribution in [0.3, 0.4) is 0 Å². The minimum atomic E-state index is 0.147. The van der Waals surface area contributed by atoms with E-state index < -0.39 is 0 Å². The summed E-state index contributed by atoms with van der Waals surface area (Å²) in [7, 11) is 0. The molecule has 7 aromatic rings. The van der Waals surface area contributed by atoms with Crippen molar-refractivity contribution in [2.75, 3.05) is 0 Å². The van der Waals surface area contributed by atoms with Gasteiger partial charge in [-0.05, 0) is 46.5 Å². The number of fused-ring (bicyclic) bond motifs is 3. The minimum Gasteiger partial charge on any atom is -0.455 e. The Bertz CT molecular complexity index is 1920. The van der Waals surface area contributed by atoms with E-state index in [1.165, 1.54) is 0 Å². The summed E-state index contributed by atoms with van der Waals surface area (Å²) in [6.07, 6.45) is 0. The fraction of sp³-hybridized carbons (Fsp3) is 0. The van der Waals surface area contributed by atoms with Gasteiger partial charge in [-0.3, -0.25) is 0 Å². The van der Waals surface area contributed by atoms with Crippen LogP contribution in [0.25, 0.3) is 67.0 Å². The third-order valence-corrected chi connectivity index (χ3v) is 6.84. The second-order valence-electron chi connectivity index (χ2n) is 9.03. The van der Waals surface area contributed by atoms with Crippen LogP contribution in [0.1, 0.15) is 0 Å². The van der Waals surface area contributed by atoms with E-state index in [0.717, 1.165) is 55.3 Å². The molecule has 5 aromatic carbocycles. The summed E-state index contributed by atoms with van der Waals surface area (Å²) in [6.45, 7) is 0. The van der Waals surface area contributed by atoms with Crippen LogP contribution in [-0.2, 0) is 0 Å². The van der Waals surface area contributed by atoms with Gasteiger partial charge in [-0.15, -0.1) is 0 Å². The largest absolute Gasteiger partial charge is 0.455 e. The number of benzene rings is 5. The van der Waals surface area contributed by atoms with Gasteiger partial charge in [0.05, 0.1) is 0 Å². The average molecular weight is 510 g/mol. The average Bonchev–Trinajstić information content (AvgIpc) is 3.36. The molecule has 0 bridgehead atoms. The number of nitrogens with zero attached hydrogens (tertiary/aromatic N) is 3. The van der Waals surface area contributed by atoms with Crippen molar-refractivity contribution in [3.63, 3.8) is 0 Å². The molecular formula is C33H20ClN3O. The van der Waals surface area contributed by atoms with Gasteiger partial charge in [-0.25, -0.2) is 4.98 Å². The van der Waals surface area contributed by atoms with Gasteiger partial charge < -0.3 is 4.42 Å². The lowest BCUT2D eigenvalue weighted by Crippen LogP contribution is -1.97. The molecule has 0 spiro atoms. The van der Waals surface area contributed by atoms with E-state index in [9.17, 15) is 0 Å². The molecular weight excluding hydrogens is 490 g/mol. The van der Waals surface area contributed by atoms with E-state index in [-0.39, 0.29) is 5.28 Å². The highest BCUT2D eigenvalue weighted by Gasteiger charge is 2.20. The zero-order valence-electron chi connectivity index (χ0n) is 20.2. The summed E-state index contributed by atoms with van der Waals surface area (Å²) in [5.74, 6) is 1.03. The number of rotatable bonds is 4. The summed E-state index contributed by atoms with van der Waals surface area (Å²) in [5, 5.41) is 2.08. The molecule has 0 saturated heterocycles. The summed E-state index contributed by atoms with van der Waals surface area (Å²) in [5.41, 5.74) is 7.65. The molecule has 0 N–H and O–H groups in total. The van der Waals surface area contributed by atoms with Crippen LogP contribution in [0, 0.1) is 0 Å². The number of halogens is 1. The summed E-state index contributed by atoms with van der Waals surface area (Å²) in [6, 6.07) is 40.8. The molecule has 180 valence electrons. The molecule has 7 rings (SSSR count). The molecule has 0 amide bonds. The van der Waals surface area contributed by atoms with Gasteiger partial charge >= 0.3 is 0 Å². The second-order valence-corrected chi connectivity index (χ2v) is 9.37. The lowest BCUT2D eigenvalue weighted by Gasteiger charge is -2.09. The Kier molecular flexibility index (Phi) is 5.46. The smallest absolute Gasteiger partial charge is 0.226 e. The first-order valence-electron chi connectivity index (χ1n) is 12.3. The van der Waals surface area contributed by atoms with Gasteiger partial charge in [0.25, 0.3) is 0 Å². The van der Waals surface area contributed by atoms with E-state index in [1.54, 1.807) is 0 Å². The van der Waals surface area contributed by atoms with Gasteiger partial charge in [-0.1, -0.05) is 103 Å². The maximum Gasteiger partial charge on any atom is 0.226 e. The van der Waals surface area contributed by atoms with E-state index in [0.29, 0.717) is 11.6 Å². The topological polar surface area (TPSA) is 51.8 Å². The summed E-state index contributed by atoms with van der Waals surface area (Å²) in [4.78, 5) is 13.7. The molecule has 2 heterocycles. The highest BCUT2D eigenvalue weighted by atomic mass is 35.5. The first kappa shape index (κ1) is 22.4. The van der Waals surface area contributed by atoms with Crippen LogP contribution in [0.15, 0.2) is 126 Å². The SMILES string of the molecule is Clc1nc(-c2ccccc2)nc(-c2cccc3oc4c(-c5ccccc5)cc(-c5ccccc5)cc4c23)n1. The Morgan fingerprint density at radius 3 is 1.84 bits per heavy atom. The molecule has 0 aliphatic rings. The van der Waals surface area contributed by atoms with E-state index >= 15 is 0 Å². The fourth-order valence-electron chi connectivity index (χ4n) is 4.93. The molecule has 0 radical (unpaired) electrons. The van der Waals surface area contributed by atoms with Gasteiger partial charge in [0.1, 0.15) is 11.2 Å². The third-order valence-electron chi connectivity index (χ3n) is 6.67. The summed E-state index contributed by atoms with van der Waals surface area (Å²) < 4.78 is 6.53. The fourth-order valence-corrected chi connectivity index (χ4v) is 5.09. The Balaban J connectivity index is 1.53. The van der Waals surface area contributed by atoms with Crippen molar-refractivity contribution in [2.24, 2.45) is 0 Å². The van der Waals surface area contributed by atoms with Crippen molar-refractivity contribution in [2.45, 2.75) is 0 Å². The Morgan fingerprint density at radius 1 is 0.500 bits per heavy atom. The van der Waals surface area contributed by atoms with E-state index in [2.05, 4.69) is 58.5 Å². The Labute approximate surface area is 224 Å². The van der Waals surface area contributed by atoms with Crippen LogP contribution in [0.2, 0.25) is 5.28 Å². The molecule has 0 unspecified atom stereocenters. The number of aromatic nitrogens is 3. The zero-order valence-corrected chi connectivity index (χ0v) is 20.9. The van der Waals surface area contributed by atoms with Crippen molar-refractivity contribution in [3.8, 4) is 45.0 Å². The standard InChI is InChI=1S/C33H20ClN3O/c34-33-36-31(23-15-8-3-9-16-23)35-32(37-33)25-17-10-18-28-29(25)27-20-24(21-11-4-1-5-12-21)19-26(30(27)38-28)22-13-6-2-7-14-22/h1-20H. The first-order chi connectivity index (χ1) is 18.7. The van der Waals surface area contributed by atoms with Gasteiger partial charge in [0.2, 0.25) is 5.28 Å². The van der Waals surface area contributed by atoms with Crippen molar-refractivity contribution in [3.05, 3.63) is 127 Å². The summed E-state index contributed by atoms with van der Waals surface area (Å²) >= 11 is 6.42. The predicted molar refractivity (Wildman–Crippen MR) is 154 cm³/mol. The molecule has 0 fully saturated rings. The van der Waals surface area contributed by atoms with Gasteiger partial charge in [-0.2, -0.15) is 9.97 Å². The lowest BCUT2D eigenvalue weighted by atomic mass is 9.95. The van der Waals surface area contributed by atoms with Crippen LogP contribution >= 0.6 is 11.6 Å². The monoisotopic (exact) mass is 509 g/mol. The van der Waals surface area contributed by atoms with Gasteiger partial charge in [0.15, 0.2) is 11.6 Å². The molecule has 38 heavy (non-hydrogen) atoms. The normalized spacial score (nSPS) is 11.3. The highest BCUT2D eigenvalue weighted by Crippen LogP contribution is 2.42.